The molecule has 4 nitrogen and oxygen atoms in total. The lowest BCUT2D eigenvalue weighted by atomic mass is 10.2. The van der Waals surface area contributed by atoms with Gasteiger partial charge in [-0.25, -0.2) is 4.68 Å². The fourth-order valence-corrected chi connectivity index (χ4v) is 2.34. The first-order valence-corrected chi connectivity index (χ1v) is 5.83. The largest absolute Gasteiger partial charge is 0.382 e. The second kappa shape index (κ2) is 3.75. The smallest absolute Gasteiger partial charge is 0.150 e. The highest BCUT2D eigenvalue weighted by Gasteiger charge is 2.24. The molecule has 2 N–H and O–H groups in total. The van der Waals surface area contributed by atoms with Crippen molar-refractivity contribution >= 4 is 17.4 Å². The van der Waals surface area contributed by atoms with Gasteiger partial charge in [-0.05, 0) is 31.3 Å². The van der Waals surface area contributed by atoms with E-state index in [0.717, 1.165) is 29.4 Å². The van der Waals surface area contributed by atoms with E-state index in [1.807, 2.05) is 28.9 Å². The molecule has 2 aromatic rings. The maximum absolute atomic E-state index is 5.94. The summed E-state index contributed by atoms with van der Waals surface area (Å²) in [5.74, 6) is 0.624. The number of nitrogens with zero attached hydrogens (tertiary/aromatic N) is 3. The molecule has 88 valence electrons. The molecule has 1 aliphatic heterocycles. The molecule has 3 rings (SSSR count). The lowest BCUT2D eigenvalue weighted by Gasteiger charge is -2.08. The fourth-order valence-electron chi connectivity index (χ4n) is 2.22. The van der Waals surface area contributed by atoms with Crippen molar-refractivity contribution in [3.05, 3.63) is 40.5 Å². The van der Waals surface area contributed by atoms with Gasteiger partial charge in [0.2, 0.25) is 0 Å². The molecule has 0 radical (unpaired) electrons. The van der Waals surface area contributed by atoms with Crippen LogP contribution in [0.1, 0.15) is 11.3 Å². The van der Waals surface area contributed by atoms with Crippen LogP contribution in [0.4, 0.5) is 5.82 Å². The van der Waals surface area contributed by atoms with E-state index < -0.39 is 0 Å². The van der Waals surface area contributed by atoms with Gasteiger partial charge >= 0.3 is 0 Å². The van der Waals surface area contributed by atoms with E-state index in [-0.39, 0.29) is 0 Å². The van der Waals surface area contributed by atoms with Crippen molar-refractivity contribution in [2.75, 3.05) is 12.8 Å². The minimum atomic E-state index is 0.624. The third kappa shape index (κ3) is 1.69. The number of nitrogen functional groups attached to an aromatic ring is 1. The topological polar surface area (TPSA) is 47.1 Å². The molecule has 1 aromatic heterocycles. The van der Waals surface area contributed by atoms with Crippen LogP contribution in [0.25, 0.3) is 5.69 Å². The highest BCUT2D eigenvalue weighted by molar-refractivity contribution is 6.30. The number of hydrogen-bond donors (Lipinski definition) is 1. The van der Waals surface area contributed by atoms with Crippen LogP contribution in [0, 0.1) is 0 Å². The fraction of sp³-hybridized carbons (Fsp3) is 0.250. The third-order valence-corrected chi connectivity index (χ3v) is 3.29. The Hall–Kier alpha value is -1.52. The van der Waals surface area contributed by atoms with Crippen LogP contribution in [0.3, 0.4) is 0 Å². The Morgan fingerprint density at radius 3 is 2.65 bits per heavy atom. The van der Waals surface area contributed by atoms with Gasteiger partial charge in [0.05, 0.1) is 11.4 Å². The van der Waals surface area contributed by atoms with Gasteiger partial charge < -0.3 is 5.73 Å². The van der Waals surface area contributed by atoms with Crippen molar-refractivity contribution in [3.63, 3.8) is 0 Å². The SMILES string of the molecule is CN1Cc2c(N)nn(-c3ccc(Cl)cc3)c2C1. The number of aromatic nitrogens is 2. The average Bonchev–Trinajstić information content (AvgIpc) is 2.80. The van der Waals surface area contributed by atoms with E-state index >= 15 is 0 Å². The Morgan fingerprint density at radius 2 is 1.94 bits per heavy atom. The molecule has 0 atom stereocenters. The van der Waals surface area contributed by atoms with Crippen LogP contribution in [-0.2, 0) is 13.1 Å². The van der Waals surface area contributed by atoms with Crippen molar-refractivity contribution in [3.8, 4) is 5.69 Å². The predicted octanol–water partition coefficient (Wildman–Crippen LogP) is 2.05. The van der Waals surface area contributed by atoms with Crippen molar-refractivity contribution in [1.82, 2.24) is 14.7 Å². The summed E-state index contributed by atoms with van der Waals surface area (Å²) in [7, 11) is 2.08. The molecular formula is C12H13ClN4. The van der Waals surface area contributed by atoms with Crippen molar-refractivity contribution in [2.24, 2.45) is 0 Å². The zero-order valence-corrected chi connectivity index (χ0v) is 10.3. The first kappa shape index (κ1) is 10.6. The van der Waals surface area contributed by atoms with Crippen LogP contribution in [0.2, 0.25) is 5.02 Å². The minimum Gasteiger partial charge on any atom is -0.382 e. The first-order chi connectivity index (χ1) is 8.15. The van der Waals surface area contributed by atoms with E-state index in [1.165, 1.54) is 5.69 Å². The summed E-state index contributed by atoms with van der Waals surface area (Å²) in [6.07, 6.45) is 0. The second-order valence-electron chi connectivity index (χ2n) is 4.37. The second-order valence-corrected chi connectivity index (χ2v) is 4.81. The third-order valence-electron chi connectivity index (χ3n) is 3.04. The quantitative estimate of drug-likeness (QED) is 0.840. The zero-order valence-electron chi connectivity index (χ0n) is 9.52. The number of benzene rings is 1. The number of nitrogens with two attached hydrogens (primary N) is 1. The summed E-state index contributed by atoms with van der Waals surface area (Å²) in [4.78, 5) is 2.22. The number of fused-ring (bicyclic) bond motifs is 1. The molecule has 5 heteroatoms. The molecule has 0 fully saturated rings. The summed E-state index contributed by atoms with van der Waals surface area (Å²) < 4.78 is 1.91. The van der Waals surface area contributed by atoms with Gasteiger partial charge in [-0.1, -0.05) is 11.6 Å². The van der Waals surface area contributed by atoms with Gasteiger partial charge in [-0.15, -0.1) is 0 Å². The molecule has 0 saturated carbocycles. The predicted molar refractivity (Wildman–Crippen MR) is 68.2 cm³/mol. The van der Waals surface area contributed by atoms with Crippen LogP contribution >= 0.6 is 11.6 Å². The lowest BCUT2D eigenvalue weighted by Crippen LogP contribution is -2.12. The van der Waals surface area contributed by atoms with Crippen LogP contribution in [-0.4, -0.2) is 21.7 Å². The molecule has 0 bridgehead atoms. The van der Waals surface area contributed by atoms with E-state index in [1.54, 1.807) is 0 Å². The van der Waals surface area contributed by atoms with E-state index in [0.29, 0.717) is 5.82 Å². The first-order valence-electron chi connectivity index (χ1n) is 5.46. The molecule has 1 aliphatic rings. The van der Waals surface area contributed by atoms with E-state index in [9.17, 15) is 0 Å². The molecule has 0 spiro atoms. The van der Waals surface area contributed by atoms with Gasteiger partial charge in [0, 0.05) is 23.7 Å². The lowest BCUT2D eigenvalue weighted by molar-refractivity contribution is 0.346. The number of rotatable bonds is 1. The normalized spacial score (nSPS) is 15.2. The standard InChI is InChI=1S/C12H13ClN4/c1-16-6-10-11(7-16)17(15-12(10)14)9-4-2-8(13)3-5-9/h2-5H,6-7H2,1H3,(H2,14,15). The van der Waals surface area contributed by atoms with Gasteiger partial charge in [-0.2, -0.15) is 5.10 Å². The minimum absolute atomic E-state index is 0.624. The molecule has 1 aromatic carbocycles. The molecule has 0 unspecified atom stereocenters. The maximum atomic E-state index is 5.94. The van der Waals surface area contributed by atoms with E-state index in [4.69, 9.17) is 17.3 Å². The molecule has 0 amide bonds. The summed E-state index contributed by atoms with van der Waals surface area (Å²) in [5, 5.41) is 5.12. The average molecular weight is 249 g/mol. The maximum Gasteiger partial charge on any atom is 0.150 e. The highest BCUT2D eigenvalue weighted by Crippen LogP contribution is 2.28. The Morgan fingerprint density at radius 1 is 1.24 bits per heavy atom. The number of anilines is 1. The Bertz CT molecular complexity index is 559. The highest BCUT2D eigenvalue weighted by atomic mass is 35.5. The molecular weight excluding hydrogens is 236 g/mol. The van der Waals surface area contributed by atoms with Crippen LogP contribution in [0.5, 0.6) is 0 Å². The van der Waals surface area contributed by atoms with Gasteiger partial charge in [0.15, 0.2) is 5.82 Å². The van der Waals surface area contributed by atoms with Gasteiger partial charge in [0.25, 0.3) is 0 Å². The molecule has 17 heavy (non-hydrogen) atoms. The Labute approximate surface area is 105 Å². The zero-order chi connectivity index (χ0) is 12.0. The Balaban J connectivity index is 2.10. The van der Waals surface area contributed by atoms with Gasteiger partial charge in [-0.3, -0.25) is 4.90 Å². The summed E-state index contributed by atoms with van der Waals surface area (Å²) >= 11 is 5.88. The van der Waals surface area contributed by atoms with Crippen molar-refractivity contribution in [2.45, 2.75) is 13.1 Å². The summed E-state index contributed by atoms with van der Waals surface area (Å²) in [6, 6.07) is 7.63. The van der Waals surface area contributed by atoms with Gasteiger partial charge in [0.1, 0.15) is 0 Å². The summed E-state index contributed by atoms with van der Waals surface area (Å²) in [6.45, 7) is 1.75. The van der Waals surface area contributed by atoms with Crippen LogP contribution in [0.15, 0.2) is 24.3 Å². The number of hydrogen-bond acceptors (Lipinski definition) is 3. The van der Waals surface area contributed by atoms with E-state index in [2.05, 4.69) is 17.0 Å². The molecule has 0 saturated heterocycles. The Kier molecular flexibility index (Phi) is 2.34. The number of halogens is 1. The monoisotopic (exact) mass is 248 g/mol. The van der Waals surface area contributed by atoms with Crippen molar-refractivity contribution < 1.29 is 0 Å². The van der Waals surface area contributed by atoms with Crippen molar-refractivity contribution in [1.29, 1.82) is 0 Å². The summed E-state index contributed by atoms with van der Waals surface area (Å²) in [5.41, 5.74) is 9.25. The molecule has 2 heterocycles. The molecule has 0 aliphatic carbocycles. The van der Waals surface area contributed by atoms with Crippen LogP contribution < -0.4 is 5.73 Å².